The molecule has 0 aliphatic carbocycles. The molecule has 18 heavy (non-hydrogen) atoms. The predicted octanol–water partition coefficient (Wildman–Crippen LogP) is 1.40. The molecule has 0 saturated heterocycles. The first kappa shape index (κ1) is 14.5. The SMILES string of the molecule is COc1c(C)cccc1CCC(=O)NC(C)CN. The zero-order chi connectivity index (χ0) is 13.5. The Morgan fingerprint density at radius 3 is 2.83 bits per heavy atom. The maximum Gasteiger partial charge on any atom is 0.220 e. The van der Waals surface area contributed by atoms with Gasteiger partial charge < -0.3 is 15.8 Å². The Labute approximate surface area is 109 Å². The van der Waals surface area contributed by atoms with E-state index in [1.54, 1.807) is 7.11 Å². The van der Waals surface area contributed by atoms with Gasteiger partial charge in [0.05, 0.1) is 7.11 Å². The van der Waals surface area contributed by atoms with Crippen molar-refractivity contribution >= 4 is 5.91 Å². The first-order chi connectivity index (χ1) is 8.58. The van der Waals surface area contributed by atoms with Gasteiger partial charge in [0.1, 0.15) is 5.75 Å². The molecule has 0 bridgehead atoms. The zero-order valence-electron chi connectivity index (χ0n) is 11.3. The highest BCUT2D eigenvalue weighted by Gasteiger charge is 2.09. The number of hydrogen-bond donors (Lipinski definition) is 2. The van der Waals surface area contributed by atoms with E-state index in [1.807, 2.05) is 32.0 Å². The number of aryl methyl sites for hydroxylation is 2. The molecule has 1 unspecified atom stereocenters. The van der Waals surface area contributed by atoms with E-state index in [1.165, 1.54) is 0 Å². The normalized spacial score (nSPS) is 12.0. The summed E-state index contributed by atoms with van der Waals surface area (Å²) in [5.41, 5.74) is 7.61. The molecule has 0 radical (unpaired) electrons. The summed E-state index contributed by atoms with van der Waals surface area (Å²) in [6.45, 7) is 4.35. The second-order valence-electron chi connectivity index (χ2n) is 4.47. The van der Waals surface area contributed by atoms with Crippen molar-refractivity contribution in [3.8, 4) is 5.75 Å². The van der Waals surface area contributed by atoms with Gasteiger partial charge in [0.15, 0.2) is 0 Å². The van der Waals surface area contributed by atoms with E-state index >= 15 is 0 Å². The Morgan fingerprint density at radius 2 is 2.22 bits per heavy atom. The largest absolute Gasteiger partial charge is 0.496 e. The van der Waals surface area contributed by atoms with Crippen molar-refractivity contribution in [1.29, 1.82) is 0 Å². The molecular weight excluding hydrogens is 228 g/mol. The highest BCUT2D eigenvalue weighted by molar-refractivity contribution is 5.76. The summed E-state index contributed by atoms with van der Waals surface area (Å²) in [5.74, 6) is 0.897. The molecule has 1 atom stereocenters. The average Bonchev–Trinajstić information content (AvgIpc) is 2.36. The van der Waals surface area contributed by atoms with E-state index in [9.17, 15) is 4.79 Å². The van der Waals surface area contributed by atoms with Gasteiger partial charge >= 0.3 is 0 Å². The standard InChI is InChI=1S/C14H22N2O2/c1-10-5-4-6-12(14(10)18-3)7-8-13(17)16-11(2)9-15/h4-6,11H,7-9,15H2,1-3H3,(H,16,17). The van der Waals surface area contributed by atoms with Gasteiger partial charge in [0.2, 0.25) is 5.91 Å². The Balaban J connectivity index is 2.58. The highest BCUT2D eigenvalue weighted by Crippen LogP contribution is 2.23. The first-order valence-corrected chi connectivity index (χ1v) is 6.20. The van der Waals surface area contributed by atoms with Crippen LogP contribution in [0, 0.1) is 6.92 Å². The molecule has 100 valence electrons. The molecule has 0 aliphatic heterocycles. The molecule has 0 saturated carbocycles. The van der Waals surface area contributed by atoms with Crippen LogP contribution in [0.3, 0.4) is 0 Å². The molecule has 4 heteroatoms. The van der Waals surface area contributed by atoms with Crippen molar-refractivity contribution in [2.24, 2.45) is 5.73 Å². The molecular formula is C14H22N2O2. The third-order valence-electron chi connectivity index (χ3n) is 2.88. The third kappa shape index (κ3) is 4.04. The van der Waals surface area contributed by atoms with Crippen molar-refractivity contribution in [3.63, 3.8) is 0 Å². The van der Waals surface area contributed by atoms with Gasteiger partial charge in [-0.25, -0.2) is 0 Å². The van der Waals surface area contributed by atoms with Crippen LogP contribution in [-0.4, -0.2) is 25.6 Å². The van der Waals surface area contributed by atoms with Crippen molar-refractivity contribution in [3.05, 3.63) is 29.3 Å². The molecule has 0 aliphatic rings. The van der Waals surface area contributed by atoms with E-state index in [4.69, 9.17) is 10.5 Å². The zero-order valence-corrected chi connectivity index (χ0v) is 11.3. The van der Waals surface area contributed by atoms with Crippen molar-refractivity contribution < 1.29 is 9.53 Å². The summed E-state index contributed by atoms with van der Waals surface area (Å²) in [6.07, 6.45) is 1.12. The molecule has 0 heterocycles. The first-order valence-electron chi connectivity index (χ1n) is 6.20. The molecule has 1 aromatic carbocycles. The number of benzene rings is 1. The highest BCUT2D eigenvalue weighted by atomic mass is 16.5. The minimum atomic E-state index is 0.0245. The lowest BCUT2D eigenvalue weighted by Crippen LogP contribution is -2.37. The molecule has 1 aromatic rings. The third-order valence-corrected chi connectivity index (χ3v) is 2.88. The molecule has 0 fully saturated rings. The molecule has 1 amide bonds. The van der Waals surface area contributed by atoms with Crippen LogP contribution in [0.2, 0.25) is 0 Å². The van der Waals surface area contributed by atoms with Gasteiger partial charge in [-0.15, -0.1) is 0 Å². The Morgan fingerprint density at radius 1 is 1.50 bits per heavy atom. The van der Waals surface area contributed by atoms with Gasteiger partial charge in [0, 0.05) is 19.0 Å². The second-order valence-corrected chi connectivity index (χ2v) is 4.47. The fourth-order valence-electron chi connectivity index (χ4n) is 1.86. The summed E-state index contributed by atoms with van der Waals surface area (Å²) in [6, 6.07) is 6.00. The average molecular weight is 250 g/mol. The Hall–Kier alpha value is -1.55. The van der Waals surface area contributed by atoms with E-state index in [0.29, 0.717) is 19.4 Å². The van der Waals surface area contributed by atoms with Gasteiger partial charge in [-0.2, -0.15) is 0 Å². The number of carbonyl (C=O) groups is 1. The lowest BCUT2D eigenvalue weighted by molar-refractivity contribution is -0.121. The van der Waals surface area contributed by atoms with Gasteiger partial charge in [-0.05, 0) is 31.4 Å². The monoisotopic (exact) mass is 250 g/mol. The number of para-hydroxylation sites is 1. The lowest BCUT2D eigenvalue weighted by Gasteiger charge is -2.13. The van der Waals surface area contributed by atoms with Crippen LogP contribution in [0.25, 0.3) is 0 Å². The van der Waals surface area contributed by atoms with Crippen molar-refractivity contribution in [1.82, 2.24) is 5.32 Å². The van der Waals surface area contributed by atoms with Crippen LogP contribution in [-0.2, 0) is 11.2 Å². The summed E-state index contributed by atoms with van der Waals surface area (Å²) in [5, 5.41) is 2.85. The quantitative estimate of drug-likeness (QED) is 0.802. The second kappa shape index (κ2) is 7.01. The number of methoxy groups -OCH3 is 1. The van der Waals surface area contributed by atoms with Crippen LogP contribution in [0.4, 0.5) is 0 Å². The number of nitrogens with two attached hydrogens (primary N) is 1. The molecule has 1 rings (SSSR count). The maximum absolute atomic E-state index is 11.7. The topological polar surface area (TPSA) is 64.3 Å². The molecule has 0 spiro atoms. The number of nitrogens with one attached hydrogen (secondary N) is 1. The van der Waals surface area contributed by atoms with Crippen LogP contribution in [0.15, 0.2) is 18.2 Å². The number of carbonyl (C=O) groups excluding carboxylic acids is 1. The summed E-state index contributed by atoms with van der Waals surface area (Å²) >= 11 is 0. The number of rotatable bonds is 6. The Kier molecular flexibility index (Phi) is 5.65. The fraction of sp³-hybridized carbons (Fsp3) is 0.500. The van der Waals surface area contributed by atoms with Crippen LogP contribution >= 0.6 is 0 Å². The van der Waals surface area contributed by atoms with Crippen molar-refractivity contribution in [2.45, 2.75) is 32.7 Å². The fourth-order valence-corrected chi connectivity index (χ4v) is 1.86. The summed E-state index contributed by atoms with van der Waals surface area (Å²) < 4.78 is 5.36. The predicted molar refractivity (Wildman–Crippen MR) is 72.7 cm³/mol. The number of hydrogen-bond acceptors (Lipinski definition) is 3. The minimum Gasteiger partial charge on any atom is -0.496 e. The smallest absolute Gasteiger partial charge is 0.220 e. The maximum atomic E-state index is 11.7. The van der Waals surface area contributed by atoms with Crippen LogP contribution in [0.5, 0.6) is 5.75 Å². The lowest BCUT2D eigenvalue weighted by atomic mass is 10.0. The van der Waals surface area contributed by atoms with Crippen molar-refractivity contribution in [2.75, 3.05) is 13.7 Å². The Bertz CT molecular complexity index is 405. The van der Waals surface area contributed by atoms with Crippen LogP contribution < -0.4 is 15.8 Å². The number of ether oxygens (including phenoxy) is 1. The minimum absolute atomic E-state index is 0.0245. The van der Waals surface area contributed by atoms with E-state index in [-0.39, 0.29) is 11.9 Å². The molecule has 0 aromatic heterocycles. The summed E-state index contributed by atoms with van der Waals surface area (Å²) in [7, 11) is 1.66. The van der Waals surface area contributed by atoms with Gasteiger partial charge in [-0.1, -0.05) is 18.2 Å². The number of amides is 1. The molecule has 3 N–H and O–H groups in total. The van der Waals surface area contributed by atoms with Gasteiger partial charge in [-0.3, -0.25) is 4.79 Å². The molecule has 4 nitrogen and oxygen atoms in total. The van der Waals surface area contributed by atoms with Gasteiger partial charge in [0.25, 0.3) is 0 Å². The van der Waals surface area contributed by atoms with Crippen LogP contribution in [0.1, 0.15) is 24.5 Å². The summed E-state index contributed by atoms with van der Waals surface area (Å²) in [4.78, 5) is 11.7. The van der Waals surface area contributed by atoms with E-state index in [2.05, 4.69) is 5.32 Å². The van der Waals surface area contributed by atoms with E-state index < -0.39 is 0 Å². The van der Waals surface area contributed by atoms with E-state index in [0.717, 1.165) is 16.9 Å².